The molecule has 0 N–H and O–H groups in total. The fraction of sp³-hybridized carbons (Fsp3) is 0.273. The smallest absolute Gasteiger partial charge is 0.320 e. The van der Waals surface area contributed by atoms with Crippen molar-refractivity contribution in [2.45, 2.75) is 12.5 Å². The van der Waals surface area contributed by atoms with Gasteiger partial charge in [0, 0.05) is 11.0 Å². The van der Waals surface area contributed by atoms with Gasteiger partial charge >= 0.3 is 5.97 Å². The van der Waals surface area contributed by atoms with Gasteiger partial charge < -0.3 is 9.47 Å². The highest BCUT2D eigenvalue weighted by atomic mass is 35.5. The molecule has 0 aromatic heterocycles. The maximum Gasteiger partial charge on any atom is 0.320 e. The van der Waals surface area contributed by atoms with Crippen LogP contribution in [0, 0.1) is 39.8 Å². The van der Waals surface area contributed by atoms with E-state index in [9.17, 15) is 14.4 Å². The lowest BCUT2D eigenvalue weighted by Crippen LogP contribution is -2.62. The lowest BCUT2D eigenvalue weighted by Gasteiger charge is -2.49. The number of nitriles is 1. The summed E-state index contributed by atoms with van der Waals surface area (Å²) < 4.78 is 25.6. The molecule has 5 rings (SSSR count). The third-order valence-corrected chi connectivity index (χ3v) is 6.97. The standard InChI is InChI=1S/C22H14Cl2FNO3/c1-20-14(10-17(23)24)18(20)22(20)19(27)29-21(22,11-26)12-7-8-15(25)16(9-12)28-13-5-3-2-4-6-13/h2-10,14,18H,1H3. The lowest BCUT2D eigenvalue weighted by atomic mass is 9.63. The molecule has 3 fully saturated rings. The van der Waals surface area contributed by atoms with Crippen LogP contribution in [0.2, 0.25) is 0 Å². The largest absolute Gasteiger partial charge is 0.454 e. The zero-order chi connectivity index (χ0) is 20.6. The van der Waals surface area contributed by atoms with E-state index < -0.39 is 28.2 Å². The number of carbonyl (C=O) groups excluding carboxylic acids is 1. The number of para-hydroxylation sites is 1. The molecule has 3 aliphatic rings. The van der Waals surface area contributed by atoms with Crippen LogP contribution in [0.25, 0.3) is 0 Å². The third kappa shape index (κ3) is 2.06. The van der Waals surface area contributed by atoms with Gasteiger partial charge in [0.25, 0.3) is 0 Å². The molecule has 2 saturated carbocycles. The van der Waals surface area contributed by atoms with Gasteiger partial charge in [0.1, 0.15) is 21.7 Å². The Bertz CT molecular complexity index is 1130. The van der Waals surface area contributed by atoms with Gasteiger partial charge in [-0.05, 0) is 36.1 Å². The number of cyclic esters (lactones) is 1. The average Bonchev–Trinajstić information content (AvgIpc) is 3.51. The molecule has 7 heteroatoms. The number of hydrogen-bond donors (Lipinski definition) is 0. The summed E-state index contributed by atoms with van der Waals surface area (Å²) in [4.78, 5) is 12.5. The third-order valence-electron chi connectivity index (χ3n) is 6.72. The van der Waals surface area contributed by atoms with E-state index >= 15 is 0 Å². The summed E-state index contributed by atoms with van der Waals surface area (Å²) in [5.74, 6) is -0.663. The van der Waals surface area contributed by atoms with E-state index in [1.165, 1.54) is 18.2 Å². The molecule has 1 saturated heterocycles. The number of allylic oxidation sites excluding steroid dienone is 1. The Labute approximate surface area is 176 Å². The molecular weight excluding hydrogens is 416 g/mol. The molecule has 146 valence electrons. The Hall–Kier alpha value is -2.55. The van der Waals surface area contributed by atoms with Crippen molar-refractivity contribution in [1.82, 2.24) is 0 Å². The monoisotopic (exact) mass is 429 g/mol. The number of halogens is 3. The Balaban J connectivity index is 1.53. The summed E-state index contributed by atoms with van der Waals surface area (Å²) >= 11 is 11.6. The van der Waals surface area contributed by atoms with Gasteiger partial charge in [-0.15, -0.1) is 0 Å². The fourth-order valence-electron chi connectivity index (χ4n) is 5.28. The van der Waals surface area contributed by atoms with Crippen LogP contribution in [0.15, 0.2) is 59.1 Å². The van der Waals surface area contributed by atoms with Crippen LogP contribution in [-0.4, -0.2) is 5.97 Å². The number of fused-ring (bicyclic) bond motifs is 3. The summed E-state index contributed by atoms with van der Waals surface area (Å²) in [5.41, 5.74) is -2.53. The molecule has 2 aliphatic carbocycles. The van der Waals surface area contributed by atoms with Crippen molar-refractivity contribution in [3.63, 3.8) is 0 Å². The average molecular weight is 430 g/mol. The molecule has 1 aliphatic heterocycles. The molecular formula is C22H14Cl2FNO3. The molecule has 2 aromatic rings. The number of ether oxygens (including phenoxy) is 2. The summed E-state index contributed by atoms with van der Waals surface area (Å²) in [6, 6.07) is 15.0. The van der Waals surface area contributed by atoms with Crippen LogP contribution in [0.5, 0.6) is 11.5 Å². The van der Waals surface area contributed by atoms with Gasteiger partial charge in [0.2, 0.25) is 5.60 Å². The zero-order valence-corrected chi connectivity index (χ0v) is 16.7. The first-order chi connectivity index (χ1) is 13.8. The van der Waals surface area contributed by atoms with Crippen molar-refractivity contribution in [3.8, 4) is 17.6 Å². The predicted molar refractivity (Wildman–Crippen MR) is 104 cm³/mol. The number of esters is 1. The van der Waals surface area contributed by atoms with E-state index in [1.807, 2.05) is 13.0 Å². The molecule has 4 nitrogen and oxygen atoms in total. The van der Waals surface area contributed by atoms with Gasteiger partial charge in [0.05, 0.1) is 0 Å². The zero-order valence-electron chi connectivity index (χ0n) is 15.2. The number of nitrogens with zero attached hydrogens (tertiary/aromatic N) is 1. The normalized spacial score (nSPS) is 35.6. The highest BCUT2D eigenvalue weighted by Crippen LogP contribution is 2.98. The topological polar surface area (TPSA) is 59.3 Å². The van der Waals surface area contributed by atoms with Crippen LogP contribution in [0.1, 0.15) is 12.5 Å². The molecule has 1 heterocycles. The SMILES string of the molecule is CC12C(C=C(Cl)Cl)C1C21C(=O)OC1(C#N)c1ccc(F)c(Oc2ccccc2)c1. The van der Waals surface area contributed by atoms with Crippen molar-refractivity contribution < 1.29 is 18.7 Å². The van der Waals surface area contributed by atoms with Gasteiger partial charge in [-0.3, -0.25) is 4.79 Å². The summed E-state index contributed by atoms with van der Waals surface area (Å²) in [7, 11) is 0. The fourth-order valence-corrected chi connectivity index (χ4v) is 5.56. The van der Waals surface area contributed by atoms with Crippen molar-refractivity contribution >= 4 is 29.2 Å². The van der Waals surface area contributed by atoms with Gasteiger partial charge in [0.15, 0.2) is 11.6 Å². The number of benzene rings is 2. The minimum absolute atomic E-state index is 0.00793. The van der Waals surface area contributed by atoms with E-state index in [2.05, 4.69) is 6.07 Å². The predicted octanol–water partition coefficient (Wildman–Crippen LogP) is 5.46. The second-order valence-electron chi connectivity index (χ2n) is 7.79. The van der Waals surface area contributed by atoms with Crippen molar-refractivity contribution in [3.05, 3.63) is 70.5 Å². The molecule has 2 aromatic carbocycles. The number of rotatable bonds is 4. The summed E-state index contributed by atoms with van der Waals surface area (Å²) in [6.45, 7) is 1.92. The molecule has 0 radical (unpaired) electrons. The Morgan fingerprint density at radius 1 is 1.28 bits per heavy atom. The van der Waals surface area contributed by atoms with Crippen molar-refractivity contribution in [2.75, 3.05) is 0 Å². The van der Waals surface area contributed by atoms with Crippen LogP contribution in [-0.2, 0) is 15.1 Å². The maximum absolute atomic E-state index is 14.4. The molecule has 5 unspecified atom stereocenters. The minimum atomic E-state index is -1.49. The quantitative estimate of drug-likeness (QED) is 0.604. The first-order valence-electron chi connectivity index (χ1n) is 9.03. The lowest BCUT2D eigenvalue weighted by molar-refractivity contribution is -0.225. The van der Waals surface area contributed by atoms with Crippen LogP contribution < -0.4 is 4.74 Å². The van der Waals surface area contributed by atoms with Crippen LogP contribution in [0.3, 0.4) is 0 Å². The van der Waals surface area contributed by atoms with Gasteiger partial charge in [-0.25, -0.2) is 4.39 Å². The van der Waals surface area contributed by atoms with E-state index in [1.54, 1.807) is 30.3 Å². The van der Waals surface area contributed by atoms with Gasteiger partial charge in [-0.1, -0.05) is 60.5 Å². The molecule has 5 atom stereocenters. The van der Waals surface area contributed by atoms with E-state index in [0.717, 1.165) is 0 Å². The molecule has 1 spiro atoms. The van der Waals surface area contributed by atoms with E-state index in [0.29, 0.717) is 11.3 Å². The summed E-state index contributed by atoms with van der Waals surface area (Å²) in [6.07, 6.45) is 1.70. The number of carbonyl (C=O) groups is 1. The Morgan fingerprint density at radius 3 is 2.55 bits per heavy atom. The van der Waals surface area contributed by atoms with Crippen molar-refractivity contribution in [2.24, 2.45) is 22.7 Å². The van der Waals surface area contributed by atoms with Crippen molar-refractivity contribution in [1.29, 1.82) is 5.26 Å². The second-order valence-corrected chi connectivity index (χ2v) is 8.80. The van der Waals surface area contributed by atoms with Crippen LogP contribution >= 0.6 is 23.2 Å². The van der Waals surface area contributed by atoms with Crippen LogP contribution in [0.4, 0.5) is 4.39 Å². The number of hydrogen-bond acceptors (Lipinski definition) is 4. The van der Waals surface area contributed by atoms with E-state index in [-0.39, 0.29) is 22.1 Å². The summed E-state index contributed by atoms with van der Waals surface area (Å²) in [5, 5.41) is 10.0. The highest BCUT2D eigenvalue weighted by molar-refractivity contribution is 6.55. The molecule has 29 heavy (non-hydrogen) atoms. The van der Waals surface area contributed by atoms with E-state index in [4.69, 9.17) is 32.7 Å². The Kier molecular flexibility index (Phi) is 3.66. The first-order valence-corrected chi connectivity index (χ1v) is 9.79. The molecule has 0 amide bonds. The second kappa shape index (κ2) is 5.75. The highest BCUT2D eigenvalue weighted by Gasteiger charge is 3.05. The van der Waals surface area contributed by atoms with Gasteiger partial charge in [-0.2, -0.15) is 5.26 Å². The maximum atomic E-state index is 14.4. The molecule has 0 bridgehead atoms. The minimum Gasteiger partial charge on any atom is -0.454 e. The Morgan fingerprint density at radius 2 is 1.97 bits per heavy atom. The first kappa shape index (κ1) is 18.5.